The average molecular weight is 328 g/mol. The Labute approximate surface area is 139 Å². The second-order valence-corrected chi connectivity index (χ2v) is 6.00. The van der Waals surface area contributed by atoms with E-state index in [0.29, 0.717) is 13.1 Å². The summed E-state index contributed by atoms with van der Waals surface area (Å²) in [5, 5.41) is 18.5. The van der Waals surface area contributed by atoms with E-state index >= 15 is 0 Å². The molecule has 3 rings (SSSR count). The minimum atomic E-state index is -0.978. The molecule has 24 heavy (non-hydrogen) atoms. The zero-order valence-corrected chi connectivity index (χ0v) is 13.2. The number of carbonyl (C=O) groups is 2. The maximum Gasteiger partial charge on any atom is 0.326 e. The molecule has 7 nitrogen and oxygen atoms in total. The van der Waals surface area contributed by atoms with Crippen LogP contribution >= 0.6 is 0 Å². The van der Waals surface area contributed by atoms with Gasteiger partial charge in [-0.15, -0.1) is 0 Å². The number of amides is 2. The van der Waals surface area contributed by atoms with E-state index in [9.17, 15) is 9.59 Å². The Kier molecular flexibility index (Phi) is 4.79. The first kappa shape index (κ1) is 16.0. The monoisotopic (exact) mass is 328 g/mol. The molecule has 3 N–H and O–H groups in total. The molecule has 1 atom stereocenters. The number of nitrogens with one attached hydrogen (secondary N) is 2. The summed E-state index contributed by atoms with van der Waals surface area (Å²) in [5.74, 6) is -0.917. The number of benzene rings is 1. The standard InChI is InChI=1S/C17H20N4O3/c22-16(23)15(14-5-6-14)20-17(24)18-10-12-3-1-4-13(9-12)11-21-8-2-7-19-21/h1-4,7-9,14-15H,5-6,10-11H2,(H,22,23)(H2,18,20,24). The highest BCUT2D eigenvalue weighted by molar-refractivity contribution is 5.83. The largest absolute Gasteiger partial charge is 0.480 e. The van der Waals surface area contributed by atoms with Gasteiger partial charge in [-0.25, -0.2) is 9.59 Å². The van der Waals surface area contributed by atoms with Crippen LogP contribution in [0.2, 0.25) is 0 Å². The lowest BCUT2D eigenvalue weighted by Gasteiger charge is -2.14. The molecule has 1 aliphatic carbocycles. The second kappa shape index (κ2) is 7.16. The lowest BCUT2D eigenvalue weighted by molar-refractivity contribution is -0.139. The van der Waals surface area contributed by atoms with Crippen LogP contribution in [0.5, 0.6) is 0 Å². The maximum absolute atomic E-state index is 11.9. The van der Waals surface area contributed by atoms with Crippen LogP contribution in [0.25, 0.3) is 0 Å². The summed E-state index contributed by atoms with van der Waals surface area (Å²) in [7, 11) is 0. The fourth-order valence-corrected chi connectivity index (χ4v) is 2.60. The summed E-state index contributed by atoms with van der Waals surface area (Å²) < 4.78 is 1.83. The SMILES string of the molecule is O=C(NCc1cccc(Cn2cccn2)c1)NC(C(=O)O)C1CC1. The minimum Gasteiger partial charge on any atom is -0.480 e. The molecule has 0 radical (unpaired) electrons. The van der Waals surface area contributed by atoms with E-state index in [0.717, 1.165) is 24.0 Å². The molecule has 1 fully saturated rings. The van der Waals surface area contributed by atoms with Gasteiger partial charge >= 0.3 is 12.0 Å². The van der Waals surface area contributed by atoms with E-state index in [4.69, 9.17) is 5.11 Å². The molecule has 126 valence electrons. The van der Waals surface area contributed by atoms with Crippen molar-refractivity contribution in [3.8, 4) is 0 Å². The number of aromatic nitrogens is 2. The number of carboxylic acids is 1. The Morgan fingerprint density at radius 1 is 1.29 bits per heavy atom. The predicted octanol–water partition coefficient (Wildman–Crippen LogP) is 1.59. The van der Waals surface area contributed by atoms with Gasteiger partial charge in [0.1, 0.15) is 6.04 Å². The molecule has 0 saturated heterocycles. The maximum atomic E-state index is 11.9. The van der Waals surface area contributed by atoms with E-state index in [-0.39, 0.29) is 5.92 Å². The van der Waals surface area contributed by atoms with Crippen LogP contribution in [0.15, 0.2) is 42.7 Å². The lowest BCUT2D eigenvalue weighted by atomic mass is 10.1. The van der Waals surface area contributed by atoms with Crippen molar-refractivity contribution in [2.75, 3.05) is 0 Å². The molecule has 0 spiro atoms. The summed E-state index contributed by atoms with van der Waals surface area (Å²) >= 11 is 0. The summed E-state index contributed by atoms with van der Waals surface area (Å²) in [5.41, 5.74) is 2.04. The van der Waals surface area contributed by atoms with E-state index in [1.165, 1.54) is 0 Å². The number of aliphatic carboxylic acids is 1. The van der Waals surface area contributed by atoms with Crippen LogP contribution < -0.4 is 10.6 Å². The van der Waals surface area contributed by atoms with Crippen LogP contribution in [-0.2, 0) is 17.9 Å². The van der Waals surface area contributed by atoms with Crippen LogP contribution in [0, 0.1) is 5.92 Å². The quantitative estimate of drug-likeness (QED) is 0.719. The Hall–Kier alpha value is -2.83. The first-order chi connectivity index (χ1) is 11.6. The van der Waals surface area contributed by atoms with E-state index in [1.807, 2.05) is 41.2 Å². The normalized spacial score (nSPS) is 14.8. The molecule has 1 unspecified atom stereocenters. The number of nitrogens with zero attached hydrogens (tertiary/aromatic N) is 2. The molecule has 2 amide bonds. The Balaban J connectivity index is 1.52. The molecule has 1 aromatic heterocycles. The first-order valence-electron chi connectivity index (χ1n) is 7.94. The van der Waals surface area contributed by atoms with Gasteiger partial charge in [-0.2, -0.15) is 5.10 Å². The summed E-state index contributed by atoms with van der Waals surface area (Å²) in [6.45, 7) is 1.01. The third kappa shape index (κ3) is 4.34. The Bertz CT molecular complexity index is 710. The van der Waals surface area contributed by atoms with Gasteiger partial charge < -0.3 is 15.7 Å². The summed E-state index contributed by atoms with van der Waals surface area (Å²) in [6, 6.07) is 8.47. The van der Waals surface area contributed by atoms with Gasteiger partial charge in [0, 0.05) is 18.9 Å². The highest BCUT2D eigenvalue weighted by Crippen LogP contribution is 2.32. The Morgan fingerprint density at radius 2 is 2.08 bits per heavy atom. The van der Waals surface area contributed by atoms with E-state index in [2.05, 4.69) is 15.7 Å². The molecular formula is C17H20N4O3. The third-order valence-corrected chi connectivity index (χ3v) is 3.99. The zero-order chi connectivity index (χ0) is 16.9. The lowest BCUT2D eigenvalue weighted by Crippen LogP contribution is -2.46. The molecular weight excluding hydrogens is 308 g/mol. The molecule has 0 bridgehead atoms. The van der Waals surface area contributed by atoms with Crippen molar-refractivity contribution in [1.82, 2.24) is 20.4 Å². The molecule has 2 aromatic rings. The minimum absolute atomic E-state index is 0.0608. The van der Waals surface area contributed by atoms with Crippen molar-refractivity contribution in [2.45, 2.75) is 32.0 Å². The average Bonchev–Trinajstić information content (AvgIpc) is 3.28. The number of urea groups is 1. The number of hydrogen-bond acceptors (Lipinski definition) is 3. The van der Waals surface area contributed by atoms with Gasteiger partial charge in [-0.05, 0) is 36.0 Å². The van der Waals surface area contributed by atoms with Crippen molar-refractivity contribution in [2.24, 2.45) is 5.92 Å². The summed E-state index contributed by atoms with van der Waals surface area (Å²) in [4.78, 5) is 23.0. The molecule has 7 heteroatoms. The zero-order valence-electron chi connectivity index (χ0n) is 13.2. The van der Waals surface area contributed by atoms with Crippen molar-refractivity contribution in [3.05, 3.63) is 53.9 Å². The predicted molar refractivity (Wildman–Crippen MR) is 87.3 cm³/mol. The number of carboxylic acid groups (broad SMARTS) is 1. The second-order valence-electron chi connectivity index (χ2n) is 6.00. The van der Waals surface area contributed by atoms with Crippen molar-refractivity contribution < 1.29 is 14.7 Å². The molecule has 1 aliphatic rings. The highest BCUT2D eigenvalue weighted by atomic mass is 16.4. The highest BCUT2D eigenvalue weighted by Gasteiger charge is 2.37. The Morgan fingerprint density at radius 3 is 2.75 bits per heavy atom. The van der Waals surface area contributed by atoms with Crippen LogP contribution in [-0.4, -0.2) is 32.9 Å². The van der Waals surface area contributed by atoms with Gasteiger partial charge in [0.15, 0.2) is 0 Å². The number of hydrogen-bond donors (Lipinski definition) is 3. The fourth-order valence-electron chi connectivity index (χ4n) is 2.60. The van der Waals surface area contributed by atoms with Gasteiger partial charge in [-0.1, -0.05) is 24.3 Å². The number of rotatable bonds is 7. The smallest absolute Gasteiger partial charge is 0.326 e. The molecule has 0 aliphatic heterocycles. The van der Waals surface area contributed by atoms with Gasteiger partial charge in [0.05, 0.1) is 6.54 Å². The van der Waals surface area contributed by atoms with E-state index in [1.54, 1.807) is 6.20 Å². The van der Waals surface area contributed by atoms with Gasteiger partial charge in [0.2, 0.25) is 0 Å². The molecule has 1 saturated carbocycles. The molecule has 1 aromatic carbocycles. The van der Waals surface area contributed by atoms with Crippen LogP contribution in [0.1, 0.15) is 24.0 Å². The van der Waals surface area contributed by atoms with Crippen molar-refractivity contribution >= 4 is 12.0 Å². The van der Waals surface area contributed by atoms with E-state index < -0.39 is 18.0 Å². The topological polar surface area (TPSA) is 96.3 Å². The van der Waals surface area contributed by atoms with Gasteiger partial charge in [0.25, 0.3) is 0 Å². The first-order valence-corrected chi connectivity index (χ1v) is 7.94. The van der Waals surface area contributed by atoms with Gasteiger partial charge in [-0.3, -0.25) is 4.68 Å². The molecule has 1 heterocycles. The fraction of sp³-hybridized carbons (Fsp3) is 0.353. The third-order valence-electron chi connectivity index (χ3n) is 3.99. The van der Waals surface area contributed by atoms with Crippen LogP contribution in [0.3, 0.4) is 0 Å². The van der Waals surface area contributed by atoms with Crippen molar-refractivity contribution in [3.63, 3.8) is 0 Å². The summed E-state index contributed by atoms with van der Waals surface area (Å²) in [6.07, 6.45) is 5.33. The number of carbonyl (C=O) groups excluding carboxylic acids is 1. The van der Waals surface area contributed by atoms with Crippen molar-refractivity contribution in [1.29, 1.82) is 0 Å². The van der Waals surface area contributed by atoms with Crippen LogP contribution in [0.4, 0.5) is 4.79 Å².